The standard InChI is InChI=1S/C5H7N3O4S/c1-13(10,11)8-3-2-12-5(7-3)4(6)9/h2,8H,1H3,(H2,6,9). The summed E-state index contributed by atoms with van der Waals surface area (Å²) < 4.78 is 27.9. The first-order valence-electron chi connectivity index (χ1n) is 3.11. The van der Waals surface area contributed by atoms with Crippen LogP contribution in [0, 0.1) is 0 Å². The van der Waals surface area contributed by atoms with Crippen LogP contribution in [0.25, 0.3) is 0 Å². The van der Waals surface area contributed by atoms with E-state index in [-0.39, 0.29) is 11.7 Å². The zero-order valence-corrected chi connectivity index (χ0v) is 7.46. The predicted octanol–water partition coefficient (Wildman–Crippen LogP) is -0.855. The van der Waals surface area contributed by atoms with Gasteiger partial charge in [-0.05, 0) is 0 Å². The third-order valence-electron chi connectivity index (χ3n) is 1.00. The molecule has 1 rings (SSSR count). The number of amides is 1. The van der Waals surface area contributed by atoms with Crippen molar-refractivity contribution in [2.24, 2.45) is 5.73 Å². The quantitative estimate of drug-likeness (QED) is 0.666. The fraction of sp³-hybridized carbons (Fsp3) is 0.200. The van der Waals surface area contributed by atoms with Crippen LogP contribution in [0.4, 0.5) is 5.82 Å². The van der Waals surface area contributed by atoms with Crippen molar-refractivity contribution in [2.75, 3.05) is 11.0 Å². The van der Waals surface area contributed by atoms with E-state index in [2.05, 4.69) is 9.40 Å². The predicted molar refractivity (Wildman–Crippen MR) is 43.5 cm³/mol. The number of sulfonamides is 1. The van der Waals surface area contributed by atoms with Crippen LogP contribution < -0.4 is 10.5 Å². The molecule has 1 aromatic heterocycles. The van der Waals surface area contributed by atoms with Crippen molar-refractivity contribution in [1.82, 2.24) is 4.98 Å². The Hall–Kier alpha value is -1.57. The second-order valence-electron chi connectivity index (χ2n) is 2.28. The van der Waals surface area contributed by atoms with Gasteiger partial charge in [-0.3, -0.25) is 9.52 Å². The van der Waals surface area contributed by atoms with Crippen molar-refractivity contribution in [2.45, 2.75) is 0 Å². The second kappa shape index (κ2) is 3.05. The molecule has 0 radical (unpaired) electrons. The summed E-state index contributed by atoms with van der Waals surface area (Å²) in [5.41, 5.74) is 4.82. The van der Waals surface area contributed by atoms with Crippen molar-refractivity contribution in [3.63, 3.8) is 0 Å². The maximum Gasteiger partial charge on any atom is 0.304 e. The molecule has 72 valence electrons. The number of hydrogen-bond donors (Lipinski definition) is 2. The van der Waals surface area contributed by atoms with E-state index in [4.69, 9.17) is 5.73 Å². The van der Waals surface area contributed by atoms with Crippen LogP contribution >= 0.6 is 0 Å². The van der Waals surface area contributed by atoms with Gasteiger partial charge in [0.2, 0.25) is 10.0 Å². The van der Waals surface area contributed by atoms with Crippen LogP contribution in [0.5, 0.6) is 0 Å². The molecule has 0 saturated carbocycles. The highest BCUT2D eigenvalue weighted by Gasteiger charge is 2.11. The van der Waals surface area contributed by atoms with Crippen molar-refractivity contribution in [1.29, 1.82) is 0 Å². The van der Waals surface area contributed by atoms with E-state index in [1.165, 1.54) is 0 Å². The average molecular weight is 205 g/mol. The summed E-state index contributed by atoms with van der Waals surface area (Å²) in [7, 11) is -3.41. The first-order valence-corrected chi connectivity index (χ1v) is 5.01. The highest BCUT2D eigenvalue weighted by Crippen LogP contribution is 2.07. The van der Waals surface area contributed by atoms with Gasteiger partial charge in [0.1, 0.15) is 6.26 Å². The van der Waals surface area contributed by atoms with Crippen LogP contribution in [0.2, 0.25) is 0 Å². The molecule has 0 atom stereocenters. The SMILES string of the molecule is CS(=O)(=O)Nc1coc(C(N)=O)n1. The zero-order chi connectivity index (χ0) is 10.1. The van der Waals surface area contributed by atoms with Gasteiger partial charge in [0.15, 0.2) is 5.82 Å². The maximum atomic E-state index is 10.7. The van der Waals surface area contributed by atoms with Crippen LogP contribution in [-0.2, 0) is 10.0 Å². The summed E-state index contributed by atoms with van der Waals surface area (Å²) in [5.74, 6) is -1.27. The number of hydrogen-bond acceptors (Lipinski definition) is 5. The summed E-state index contributed by atoms with van der Waals surface area (Å²) in [6.45, 7) is 0. The number of nitrogens with zero attached hydrogens (tertiary/aromatic N) is 1. The fourth-order valence-corrected chi connectivity index (χ4v) is 1.10. The molecule has 0 saturated heterocycles. The van der Waals surface area contributed by atoms with Gasteiger partial charge >= 0.3 is 5.91 Å². The smallest absolute Gasteiger partial charge is 0.304 e. The molecular formula is C5H7N3O4S. The molecule has 3 N–H and O–H groups in total. The minimum absolute atomic E-state index is 0.0729. The number of rotatable bonds is 3. The summed E-state index contributed by atoms with van der Waals surface area (Å²) in [4.78, 5) is 13.9. The van der Waals surface area contributed by atoms with E-state index in [1.54, 1.807) is 0 Å². The highest BCUT2D eigenvalue weighted by atomic mass is 32.2. The monoisotopic (exact) mass is 205 g/mol. The fourth-order valence-electron chi connectivity index (χ4n) is 0.624. The number of primary amides is 1. The van der Waals surface area contributed by atoms with Crippen LogP contribution in [0.3, 0.4) is 0 Å². The molecule has 7 nitrogen and oxygen atoms in total. The molecule has 1 aromatic rings. The molecule has 0 aromatic carbocycles. The molecule has 8 heteroatoms. The Morgan fingerprint density at radius 3 is 2.69 bits per heavy atom. The number of nitrogens with one attached hydrogen (secondary N) is 1. The molecule has 0 spiro atoms. The molecule has 13 heavy (non-hydrogen) atoms. The van der Waals surface area contributed by atoms with E-state index < -0.39 is 15.9 Å². The van der Waals surface area contributed by atoms with E-state index in [9.17, 15) is 13.2 Å². The number of aromatic nitrogens is 1. The number of carbonyl (C=O) groups is 1. The summed E-state index contributed by atoms with van der Waals surface area (Å²) in [6.07, 6.45) is 1.94. The van der Waals surface area contributed by atoms with Crippen molar-refractivity contribution >= 4 is 21.7 Å². The molecule has 0 unspecified atom stereocenters. The lowest BCUT2D eigenvalue weighted by Crippen LogP contribution is -2.13. The van der Waals surface area contributed by atoms with Gasteiger partial charge in [0.05, 0.1) is 6.26 Å². The first kappa shape index (κ1) is 9.52. The van der Waals surface area contributed by atoms with Crippen LogP contribution in [0.15, 0.2) is 10.7 Å². The first-order chi connectivity index (χ1) is 5.88. The molecule has 0 aliphatic heterocycles. The van der Waals surface area contributed by atoms with Crippen molar-refractivity contribution in [3.8, 4) is 0 Å². The molecule has 0 bridgehead atoms. The minimum atomic E-state index is -3.41. The lowest BCUT2D eigenvalue weighted by molar-refractivity contribution is 0.0967. The summed E-state index contributed by atoms with van der Waals surface area (Å²) >= 11 is 0. The van der Waals surface area contributed by atoms with E-state index in [0.29, 0.717) is 0 Å². The molecule has 0 aliphatic carbocycles. The molecule has 1 amide bonds. The van der Waals surface area contributed by atoms with E-state index in [0.717, 1.165) is 12.5 Å². The van der Waals surface area contributed by atoms with Gasteiger partial charge in [-0.1, -0.05) is 0 Å². The Labute approximate surface area is 74.0 Å². The van der Waals surface area contributed by atoms with E-state index in [1.807, 2.05) is 4.72 Å². The Morgan fingerprint density at radius 1 is 1.69 bits per heavy atom. The van der Waals surface area contributed by atoms with Crippen LogP contribution in [0.1, 0.15) is 10.7 Å². The van der Waals surface area contributed by atoms with Crippen molar-refractivity contribution < 1.29 is 17.6 Å². The van der Waals surface area contributed by atoms with Gasteiger partial charge in [-0.25, -0.2) is 8.42 Å². The number of nitrogens with two attached hydrogens (primary N) is 1. The third-order valence-corrected chi connectivity index (χ3v) is 1.58. The highest BCUT2D eigenvalue weighted by molar-refractivity contribution is 7.92. The minimum Gasteiger partial charge on any atom is -0.439 e. The largest absolute Gasteiger partial charge is 0.439 e. The lowest BCUT2D eigenvalue weighted by Gasteiger charge is -1.94. The normalized spacial score (nSPS) is 11.2. The third kappa shape index (κ3) is 2.75. The Bertz CT molecular complexity index is 421. The number of anilines is 1. The van der Waals surface area contributed by atoms with Crippen LogP contribution in [-0.4, -0.2) is 25.6 Å². The van der Waals surface area contributed by atoms with E-state index >= 15 is 0 Å². The van der Waals surface area contributed by atoms with Gasteiger partial charge < -0.3 is 10.2 Å². The van der Waals surface area contributed by atoms with Gasteiger partial charge in [0.25, 0.3) is 5.89 Å². The number of oxazole rings is 1. The summed E-state index contributed by atoms with van der Waals surface area (Å²) in [5, 5.41) is 0. The summed E-state index contributed by atoms with van der Waals surface area (Å²) in [6, 6.07) is 0. The molecule has 0 aliphatic rings. The van der Waals surface area contributed by atoms with Gasteiger partial charge in [0, 0.05) is 0 Å². The Morgan fingerprint density at radius 2 is 2.31 bits per heavy atom. The molecule has 0 fully saturated rings. The maximum absolute atomic E-state index is 10.7. The lowest BCUT2D eigenvalue weighted by atomic mass is 10.6. The molecule has 1 heterocycles. The molecular weight excluding hydrogens is 198 g/mol. The van der Waals surface area contributed by atoms with Crippen molar-refractivity contribution in [3.05, 3.63) is 12.2 Å². The Kier molecular flexibility index (Phi) is 2.24. The zero-order valence-electron chi connectivity index (χ0n) is 6.64. The topological polar surface area (TPSA) is 115 Å². The average Bonchev–Trinajstić information content (AvgIpc) is 2.31. The van der Waals surface area contributed by atoms with Gasteiger partial charge in [-0.2, -0.15) is 4.98 Å². The van der Waals surface area contributed by atoms with Gasteiger partial charge in [-0.15, -0.1) is 0 Å². The Balaban J connectivity index is 2.87. The number of carbonyl (C=O) groups excluding carboxylic acids is 1. The second-order valence-corrected chi connectivity index (χ2v) is 4.02.